The Balaban J connectivity index is 1.56. The fraction of sp³-hybridized carbons (Fsp3) is 0.955. The van der Waals surface area contributed by atoms with E-state index in [2.05, 4.69) is 46.3 Å². The molecule has 0 unspecified atom stereocenters. The Morgan fingerprint density at radius 3 is 2.19 bits per heavy atom. The SMILES string of the molecule is CN=C(NCC1(N2CCCCC2)CCN(C)CC1)NC1CCC(C)(C)CC1. The Morgan fingerprint density at radius 1 is 0.963 bits per heavy atom. The van der Waals surface area contributed by atoms with Gasteiger partial charge in [-0.2, -0.15) is 0 Å². The molecule has 27 heavy (non-hydrogen) atoms. The molecular weight excluding hydrogens is 334 g/mol. The van der Waals surface area contributed by atoms with Gasteiger partial charge in [-0.3, -0.25) is 9.89 Å². The Kier molecular flexibility index (Phi) is 7.07. The zero-order valence-corrected chi connectivity index (χ0v) is 18.3. The van der Waals surface area contributed by atoms with Crippen LogP contribution in [0.1, 0.15) is 71.6 Å². The van der Waals surface area contributed by atoms with Gasteiger partial charge in [0.15, 0.2) is 5.96 Å². The maximum Gasteiger partial charge on any atom is 0.191 e. The van der Waals surface area contributed by atoms with Gasteiger partial charge in [0.2, 0.25) is 0 Å². The molecule has 0 amide bonds. The second-order valence-corrected chi connectivity index (χ2v) is 10.1. The largest absolute Gasteiger partial charge is 0.355 e. The Hall–Kier alpha value is -0.810. The molecule has 1 saturated carbocycles. The topological polar surface area (TPSA) is 42.9 Å². The number of nitrogens with zero attached hydrogens (tertiary/aromatic N) is 3. The molecule has 5 nitrogen and oxygen atoms in total. The molecule has 5 heteroatoms. The lowest BCUT2D eigenvalue weighted by atomic mass is 9.75. The molecule has 2 heterocycles. The van der Waals surface area contributed by atoms with Gasteiger partial charge in [-0.15, -0.1) is 0 Å². The molecule has 3 fully saturated rings. The van der Waals surface area contributed by atoms with E-state index in [0.717, 1.165) is 12.5 Å². The van der Waals surface area contributed by atoms with Crippen molar-refractivity contribution in [3.8, 4) is 0 Å². The highest BCUT2D eigenvalue weighted by atomic mass is 15.3. The minimum Gasteiger partial charge on any atom is -0.355 e. The summed E-state index contributed by atoms with van der Waals surface area (Å²) in [6.07, 6.45) is 11.8. The average molecular weight is 378 g/mol. The van der Waals surface area contributed by atoms with Crippen LogP contribution in [-0.4, -0.2) is 74.2 Å². The molecule has 0 radical (unpaired) electrons. The quantitative estimate of drug-likeness (QED) is 0.584. The van der Waals surface area contributed by atoms with Crippen LogP contribution in [0.2, 0.25) is 0 Å². The first kappa shape index (κ1) is 20.9. The summed E-state index contributed by atoms with van der Waals surface area (Å²) in [6, 6.07) is 0.577. The average Bonchev–Trinajstić information content (AvgIpc) is 2.68. The summed E-state index contributed by atoms with van der Waals surface area (Å²) in [5, 5.41) is 7.46. The number of guanidine groups is 1. The molecule has 3 aliphatic rings. The second-order valence-electron chi connectivity index (χ2n) is 10.1. The van der Waals surface area contributed by atoms with E-state index in [4.69, 9.17) is 0 Å². The van der Waals surface area contributed by atoms with Gasteiger partial charge < -0.3 is 15.5 Å². The molecule has 0 aromatic carbocycles. The lowest BCUT2D eigenvalue weighted by Crippen LogP contribution is -2.62. The molecule has 0 bridgehead atoms. The van der Waals surface area contributed by atoms with E-state index in [1.807, 2.05) is 7.05 Å². The van der Waals surface area contributed by atoms with Crippen LogP contribution in [0.4, 0.5) is 0 Å². The van der Waals surface area contributed by atoms with Crippen LogP contribution in [0.25, 0.3) is 0 Å². The van der Waals surface area contributed by atoms with Crippen LogP contribution in [0, 0.1) is 5.41 Å². The Morgan fingerprint density at radius 2 is 1.59 bits per heavy atom. The van der Waals surface area contributed by atoms with Gasteiger partial charge >= 0.3 is 0 Å². The normalized spacial score (nSPS) is 28.1. The van der Waals surface area contributed by atoms with Gasteiger partial charge in [-0.1, -0.05) is 20.3 Å². The number of hydrogen-bond donors (Lipinski definition) is 2. The lowest BCUT2D eigenvalue weighted by Gasteiger charge is -2.50. The van der Waals surface area contributed by atoms with E-state index in [1.165, 1.54) is 84.0 Å². The highest BCUT2D eigenvalue weighted by molar-refractivity contribution is 5.80. The second kappa shape index (κ2) is 9.13. The molecule has 0 spiro atoms. The van der Waals surface area contributed by atoms with Crippen molar-refractivity contribution in [3.05, 3.63) is 0 Å². The van der Waals surface area contributed by atoms with Crippen molar-refractivity contribution in [1.29, 1.82) is 0 Å². The summed E-state index contributed by atoms with van der Waals surface area (Å²) in [4.78, 5) is 9.84. The molecule has 0 aromatic heterocycles. The minimum absolute atomic E-state index is 0.305. The Bertz CT molecular complexity index is 477. The first-order valence-electron chi connectivity index (χ1n) is 11.3. The van der Waals surface area contributed by atoms with Gasteiger partial charge in [0.1, 0.15) is 0 Å². The van der Waals surface area contributed by atoms with Crippen molar-refractivity contribution in [2.24, 2.45) is 10.4 Å². The molecule has 2 N–H and O–H groups in total. The number of piperidine rings is 2. The molecule has 0 aromatic rings. The third-order valence-electron chi connectivity index (χ3n) is 7.43. The van der Waals surface area contributed by atoms with Crippen LogP contribution >= 0.6 is 0 Å². The van der Waals surface area contributed by atoms with Crippen LogP contribution in [0.3, 0.4) is 0 Å². The smallest absolute Gasteiger partial charge is 0.191 e. The molecule has 156 valence electrons. The monoisotopic (exact) mass is 377 g/mol. The van der Waals surface area contributed by atoms with Gasteiger partial charge in [-0.25, -0.2) is 0 Å². The fourth-order valence-corrected chi connectivity index (χ4v) is 5.19. The van der Waals surface area contributed by atoms with Crippen LogP contribution in [0.15, 0.2) is 4.99 Å². The highest BCUT2D eigenvalue weighted by Crippen LogP contribution is 2.35. The van der Waals surface area contributed by atoms with E-state index in [0.29, 0.717) is 17.0 Å². The summed E-state index contributed by atoms with van der Waals surface area (Å²) < 4.78 is 0. The Labute approximate surface area is 167 Å². The van der Waals surface area contributed by atoms with E-state index >= 15 is 0 Å². The van der Waals surface area contributed by atoms with E-state index in [9.17, 15) is 0 Å². The molecular formula is C22H43N5. The number of rotatable bonds is 4. The lowest BCUT2D eigenvalue weighted by molar-refractivity contribution is 0.0172. The minimum atomic E-state index is 0.305. The fourth-order valence-electron chi connectivity index (χ4n) is 5.19. The summed E-state index contributed by atoms with van der Waals surface area (Å²) in [5.41, 5.74) is 0.820. The summed E-state index contributed by atoms with van der Waals surface area (Å²) >= 11 is 0. The molecule has 2 aliphatic heterocycles. The summed E-state index contributed by atoms with van der Waals surface area (Å²) in [5.74, 6) is 1.01. The van der Waals surface area contributed by atoms with Gasteiger partial charge in [-0.05, 0) is 90.0 Å². The van der Waals surface area contributed by atoms with E-state index < -0.39 is 0 Å². The third kappa shape index (κ3) is 5.60. The van der Waals surface area contributed by atoms with Crippen molar-refractivity contribution in [2.75, 3.05) is 46.8 Å². The van der Waals surface area contributed by atoms with Gasteiger partial charge in [0.05, 0.1) is 0 Å². The van der Waals surface area contributed by atoms with E-state index in [1.54, 1.807) is 0 Å². The van der Waals surface area contributed by atoms with Gasteiger partial charge in [0.25, 0.3) is 0 Å². The van der Waals surface area contributed by atoms with Crippen molar-refractivity contribution in [3.63, 3.8) is 0 Å². The van der Waals surface area contributed by atoms with Crippen LogP contribution < -0.4 is 10.6 Å². The first-order valence-corrected chi connectivity index (χ1v) is 11.3. The molecule has 1 aliphatic carbocycles. The van der Waals surface area contributed by atoms with Crippen molar-refractivity contribution >= 4 is 5.96 Å². The predicted octanol–water partition coefficient (Wildman–Crippen LogP) is 3.07. The van der Waals surface area contributed by atoms with Crippen molar-refractivity contribution < 1.29 is 0 Å². The van der Waals surface area contributed by atoms with Gasteiger partial charge in [0, 0.05) is 25.2 Å². The molecule has 2 saturated heterocycles. The van der Waals surface area contributed by atoms with Crippen LogP contribution in [0.5, 0.6) is 0 Å². The van der Waals surface area contributed by atoms with Crippen LogP contribution in [-0.2, 0) is 0 Å². The maximum absolute atomic E-state index is 4.56. The highest BCUT2D eigenvalue weighted by Gasteiger charge is 2.39. The third-order valence-corrected chi connectivity index (χ3v) is 7.43. The zero-order valence-electron chi connectivity index (χ0n) is 18.3. The molecule has 3 rings (SSSR count). The summed E-state index contributed by atoms with van der Waals surface area (Å²) in [6.45, 7) is 10.8. The standard InChI is InChI=1S/C22H43N5/c1-21(2)10-8-19(9-11-21)25-20(23-3)24-18-22(12-16-26(4)17-13-22)27-14-6-5-7-15-27/h19H,5-18H2,1-4H3,(H2,23,24,25). The number of likely N-dealkylation sites (tertiary alicyclic amines) is 2. The number of nitrogens with one attached hydrogen (secondary N) is 2. The number of hydrogen-bond acceptors (Lipinski definition) is 3. The maximum atomic E-state index is 4.56. The zero-order chi connectivity index (χ0) is 19.3. The van der Waals surface area contributed by atoms with Crippen molar-refractivity contribution in [2.45, 2.75) is 83.2 Å². The summed E-state index contributed by atoms with van der Waals surface area (Å²) in [7, 11) is 4.18. The predicted molar refractivity (Wildman–Crippen MR) is 115 cm³/mol. The number of aliphatic imine (C=N–C) groups is 1. The molecule has 0 atom stereocenters. The van der Waals surface area contributed by atoms with Crippen molar-refractivity contribution in [1.82, 2.24) is 20.4 Å². The van der Waals surface area contributed by atoms with E-state index in [-0.39, 0.29) is 0 Å². The first-order chi connectivity index (χ1) is 12.9.